The van der Waals surface area contributed by atoms with Crippen LogP contribution >= 0.6 is 0 Å². The summed E-state index contributed by atoms with van der Waals surface area (Å²) in [7, 11) is 0. The van der Waals surface area contributed by atoms with E-state index in [1.165, 1.54) is 0 Å². The molecule has 1 aliphatic rings. The van der Waals surface area contributed by atoms with Crippen LogP contribution in [0.2, 0.25) is 0 Å². The lowest BCUT2D eigenvalue weighted by Crippen LogP contribution is -2.24. The Hall–Kier alpha value is -8.00. The third-order valence-corrected chi connectivity index (χ3v) is 10.6. The van der Waals surface area contributed by atoms with Gasteiger partial charge in [-0.2, -0.15) is 0 Å². The number of aliphatic imine (C=N–C) groups is 1. The number of para-hydroxylation sites is 1. The van der Waals surface area contributed by atoms with Crippen LogP contribution in [-0.2, 0) is 9.47 Å². The standard InChI is InChI=1S/C46H34N6O8/c1-3-57-45(55)35-33(39-37(51-43(35)53)28-13-5-6-14-31(28)59-39)25-10-8-12-27(20-25)42-49-22-30(50-42)23-15-16-29-32(21-23)60-40-34(36(46(56)58-4-2)44(54)52-38(29)40)24-9-7-11-26(19-24)41-47-17-18-48-41/h5-21,30H,3-4,22H2,1-2H3,(H,47,48)(H,49,50)(H,51,53)(H,52,54). The first-order chi connectivity index (χ1) is 29.3. The summed E-state index contributed by atoms with van der Waals surface area (Å²) in [6.07, 6.45) is 3.37. The Kier molecular flexibility index (Phi) is 8.74. The summed E-state index contributed by atoms with van der Waals surface area (Å²) >= 11 is 0. The van der Waals surface area contributed by atoms with E-state index >= 15 is 0 Å². The molecule has 0 radical (unpaired) electrons. The molecule has 0 bridgehead atoms. The number of hydrogen-bond donors (Lipinski definition) is 4. The number of ether oxygens (including phenoxy) is 2. The molecule has 14 nitrogen and oxygen atoms in total. The average Bonchev–Trinajstić information content (AvgIpc) is 4.09. The van der Waals surface area contributed by atoms with Gasteiger partial charge in [0, 0.05) is 45.4 Å². The first-order valence-corrected chi connectivity index (χ1v) is 19.4. The molecule has 1 aliphatic heterocycles. The lowest BCUT2D eigenvalue weighted by atomic mass is 9.97. The second-order valence-electron chi connectivity index (χ2n) is 14.2. The molecule has 5 aromatic heterocycles. The minimum atomic E-state index is -0.762. The molecule has 0 saturated heterocycles. The van der Waals surface area contributed by atoms with Crippen LogP contribution in [-0.4, -0.2) is 57.5 Å². The highest BCUT2D eigenvalue weighted by atomic mass is 16.5. The molecule has 0 spiro atoms. The van der Waals surface area contributed by atoms with Crippen LogP contribution in [0.4, 0.5) is 0 Å². The van der Waals surface area contributed by atoms with Gasteiger partial charge in [-0.05, 0) is 66.9 Å². The number of carbonyl (C=O) groups is 2. The molecule has 10 rings (SSSR count). The largest absolute Gasteiger partial charge is 0.462 e. The molecule has 1 unspecified atom stereocenters. The SMILES string of the molecule is CCOC(=O)c1c(-c2cccc(C3=NCC(c4ccc5c(c4)oc4c(-c6cccc(-c7ncc[nH]7)c6)c(C(=O)OCC)c(=O)[nH]c45)N3)c2)c2oc3ccccc3c2[nH]c1=O. The van der Waals surface area contributed by atoms with Gasteiger partial charge in [-0.25, -0.2) is 14.6 Å². The summed E-state index contributed by atoms with van der Waals surface area (Å²) in [4.78, 5) is 71.9. The van der Waals surface area contributed by atoms with Crippen molar-refractivity contribution in [2.45, 2.75) is 19.9 Å². The minimum absolute atomic E-state index is 0.0836. The molecule has 14 heteroatoms. The van der Waals surface area contributed by atoms with Crippen molar-refractivity contribution in [1.29, 1.82) is 0 Å². The number of benzene rings is 4. The maximum Gasteiger partial charge on any atom is 0.344 e. The highest BCUT2D eigenvalue weighted by Crippen LogP contribution is 2.39. The molecule has 4 N–H and O–H groups in total. The Bertz CT molecular complexity index is 3350. The van der Waals surface area contributed by atoms with E-state index in [9.17, 15) is 19.2 Å². The van der Waals surface area contributed by atoms with Crippen LogP contribution in [0.3, 0.4) is 0 Å². The Morgan fingerprint density at radius 2 is 1.30 bits per heavy atom. The van der Waals surface area contributed by atoms with E-state index in [0.29, 0.717) is 84.6 Å². The maximum atomic E-state index is 13.7. The molecule has 0 amide bonds. The smallest absolute Gasteiger partial charge is 0.344 e. The normalized spacial score (nSPS) is 13.9. The number of imidazole rings is 1. The van der Waals surface area contributed by atoms with Crippen LogP contribution in [0.1, 0.15) is 51.7 Å². The van der Waals surface area contributed by atoms with Gasteiger partial charge in [-0.15, -0.1) is 0 Å². The highest BCUT2D eigenvalue weighted by Gasteiger charge is 2.29. The molecule has 60 heavy (non-hydrogen) atoms. The number of nitrogens with zero attached hydrogens (tertiary/aromatic N) is 2. The van der Waals surface area contributed by atoms with E-state index < -0.39 is 23.1 Å². The van der Waals surface area contributed by atoms with Gasteiger partial charge in [-0.3, -0.25) is 14.6 Å². The Morgan fingerprint density at radius 1 is 0.700 bits per heavy atom. The summed E-state index contributed by atoms with van der Waals surface area (Å²) in [6.45, 7) is 3.93. The molecule has 1 atom stereocenters. The van der Waals surface area contributed by atoms with Crippen LogP contribution in [0.5, 0.6) is 0 Å². The van der Waals surface area contributed by atoms with Gasteiger partial charge < -0.3 is 38.6 Å². The number of furan rings is 2. The number of hydrogen-bond acceptors (Lipinski definition) is 11. The quantitative estimate of drug-likeness (QED) is 0.104. The Balaban J connectivity index is 1.02. The monoisotopic (exact) mass is 798 g/mol. The molecule has 0 aliphatic carbocycles. The highest BCUT2D eigenvalue weighted by molar-refractivity contribution is 6.14. The zero-order valence-electron chi connectivity index (χ0n) is 32.2. The number of pyridine rings is 2. The van der Waals surface area contributed by atoms with E-state index in [-0.39, 0.29) is 30.4 Å². The van der Waals surface area contributed by atoms with Crippen molar-refractivity contribution in [1.82, 2.24) is 25.3 Å². The van der Waals surface area contributed by atoms with Crippen LogP contribution in [0, 0.1) is 0 Å². The van der Waals surface area contributed by atoms with Crippen LogP contribution in [0.15, 0.2) is 127 Å². The lowest BCUT2D eigenvalue weighted by molar-refractivity contribution is 0.0515. The molecule has 0 fully saturated rings. The molecule has 4 aromatic carbocycles. The number of rotatable bonds is 9. The number of fused-ring (bicyclic) bond motifs is 6. The summed E-state index contributed by atoms with van der Waals surface area (Å²) in [6, 6.07) is 27.6. The second kappa shape index (κ2) is 14.4. The van der Waals surface area contributed by atoms with E-state index in [1.807, 2.05) is 84.9 Å². The van der Waals surface area contributed by atoms with Gasteiger partial charge in [0.15, 0.2) is 11.2 Å². The fraction of sp³-hybridized carbons (Fsp3) is 0.130. The van der Waals surface area contributed by atoms with Crippen LogP contribution < -0.4 is 16.4 Å². The van der Waals surface area contributed by atoms with Gasteiger partial charge >= 0.3 is 11.9 Å². The van der Waals surface area contributed by atoms with Crippen molar-refractivity contribution in [2.24, 2.45) is 4.99 Å². The van der Waals surface area contributed by atoms with Crippen molar-refractivity contribution >= 4 is 61.9 Å². The predicted octanol–water partition coefficient (Wildman–Crippen LogP) is 8.03. The topological polar surface area (TPSA) is 198 Å². The molecular formula is C46H34N6O8. The van der Waals surface area contributed by atoms with Gasteiger partial charge in [0.25, 0.3) is 11.1 Å². The van der Waals surface area contributed by atoms with Crippen LogP contribution in [0.25, 0.3) is 77.8 Å². The maximum absolute atomic E-state index is 13.7. The number of amidine groups is 1. The van der Waals surface area contributed by atoms with Gasteiger partial charge in [0.05, 0.1) is 36.8 Å². The Labute approximate surface area is 338 Å². The first kappa shape index (κ1) is 36.3. The van der Waals surface area contributed by atoms with E-state index in [2.05, 4.69) is 25.3 Å². The molecule has 296 valence electrons. The number of nitrogens with one attached hydrogen (secondary N) is 4. The van der Waals surface area contributed by atoms with Gasteiger partial charge in [0.2, 0.25) is 0 Å². The second-order valence-corrected chi connectivity index (χ2v) is 14.2. The van der Waals surface area contributed by atoms with E-state index in [1.54, 1.807) is 32.3 Å². The summed E-state index contributed by atoms with van der Waals surface area (Å²) in [5, 5.41) is 4.90. The van der Waals surface area contributed by atoms with Crippen molar-refractivity contribution in [3.05, 3.63) is 146 Å². The number of aromatic amines is 3. The summed E-state index contributed by atoms with van der Waals surface area (Å²) in [5.41, 5.74) is 5.33. The first-order valence-electron chi connectivity index (χ1n) is 19.4. The minimum Gasteiger partial charge on any atom is -0.462 e. The fourth-order valence-electron chi connectivity index (χ4n) is 8.00. The van der Waals surface area contributed by atoms with E-state index in [4.69, 9.17) is 23.3 Å². The predicted molar refractivity (Wildman–Crippen MR) is 226 cm³/mol. The van der Waals surface area contributed by atoms with Crippen molar-refractivity contribution in [3.8, 4) is 33.6 Å². The fourth-order valence-corrected chi connectivity index (χ4v) is 8.00. The molecular weight excluding hydrogens is 765 g/mol. The summed E-state index contributed by atoms with van der Waals surface area (Å²) in [5.74, 6) is -0.281. The van der Waals surface area contributed by atoms with Gasteiger partial charge in [0.1, 0.15) is 34.0 Å². The zero-order valence-corrected chi connectivity index (χ0v) is 32.2. The molecule has 6 heterocycles. The van der Waals surface area contributed by atoms with Crippen molar-refractivity contribution < 1.29 is 27.9 Å². The third-order valence-electron chi connectivity index (χ3n) is 10.6. The summed E-state index contributed by atoms with van der Waals surface area (Å²) < 4.78 is 23.5. The van der Waals surface area contributed by atoms with E-state index in [0.717, 1.165) is 16.7 Å². The number of aromatic nitrogens is 4. The average molecular weight is 799 g/mol. The van der Waals surface area contributed by atoms with Crippen molar-refractivity contribution in [2.75, 3.05) is 19.8 Å². The van der Waals surface area contributed by atoms with Gasteiger partial charge in [-0.1, -0.05) is 54.6 Å². The number of carbonyl (C=O) groups excluding carboxylic acids is 2. The van der Waals surface area contributed by atoms with Crippen molar-refractivity contribution in [3.63, 3.8) is 0 Å². The molecule has 9 aromatic rings. The number of H-pyrrole nitrogens is 3. The third kappa shape index (κ3) is 5.95. The molecule has 0 saturated carbocycles. The number of esters is 2. The lowest BCUT2D eigenvalue weighted by Gasteiger charge is -2.14. The Morgan fingerprint density at radius 3 is 1.95 bits per heavy atom. The zero-order chi connectivity index (χ0) is 41.1.